The number of nitrogens with two attached hydrogens (primary N) is 1. The van der Waals surface area contributed by atoms with Crippen molar-refractivity contribution in [3.8, 4) is 5.75 Å². The van der Waals surface area contributed by atoms with Crippen molar-refractivity contribution in [2.24, 2.45) is 0 Å². The first-order chi connectivity index (χ1) is 12.9. The zero-order valence-corrected chi connectivity index (χ0v) is 17.3. The number of ether oxygens (including phenoxy) is 2. The van der Waals surface area contributed by atoms with Crippen molar-refractivity contribution < 1.29 is 14.8 Å². The van der Waals surface area contributed by atoms with Crippen LogP contribution in [0.25, 0.3) is 0 Å². The molecule has 1 saturated heterocycles. The van der Waals surface area contributed by atoms with Crippen LogP contribution in [0.3, 0.4) is 0 Å². The van der Waals surface area contributed by atoms with Crippen LogP contribution in [0.15, 0.2) is 48.5 Å². The van der Waals surface area contributed by atoms with E-state index < -0.39 is 0 Å². The minimum atomic E-state index is -0.0564. The van der Waals surface area contributed by atoms with Gasteiger partial charge in [-0.05, 0) is 63.4 Å². The van der Waals surface area contributed by atoms with Gasteiger partial charge in [0.15, 0.2) is 0 Å². The SMILES string of the molecule is COc1ccc(C[NH2+]CC[C@@]2(c3ccc(C)cc3)CCOC(C)(C)C2)cc1. The summed E-state index contributed by atoms with van der Waals surface area (Å²) in [6, 6.07) is 17.6. The Morgan fingerprint density at radius 3 is 2.37 bits per heavy atom. The van der Waals surface area contributed by atoms with Crippen molar-refractivity contribution >= 4 is 0 Å². The largest absolute Gasteiger partial charge is 0.497 e. The molecule has 0 spiro atoms. The predicted octanol–water partition coefficient (Wildman–Crippen LogP) is 3.98. The number of hydrogen-bond acceptors (Lipinski definition) is 2. The molecule has 2 aromatic rings. The fraction of sp³-hybridized carbons (Fsp3) is 0.500. The van der Waals surface area contributed by atoms with E-state index in [4.69, 9.17) is 9.47 Å². The molecule has 27 heavy (non-hydrogen) atoms. The van der Waals surface area contributed by atoms with Crippen LogP contribution in [0.4, 0.5) is 0 Å². The van der Waals surface area contributed by atoms with E-state index in [1.807, 2.05) is 12.1 Å². The lowest BCUT2D eigenvalue weighted by atomic mass is 9.67. The second-order valence-corrected chi connectivity index (χ2v) is 8.56. The van der Waals surface area contributed by atoms with Gasteiger partial charge in [0.25, 0.3) is 0 Å². The molecule has 1 fully saturated rings. The zero-order valence-electron chi connectivity index (χ0n) is 17.3. The third kappa shape index (κ3) is 5.12. The summed E-state index contributed by atoms with van der Waals surface area (Å²) >= 11 is 0. The van der Waals surface area contributed by atoms with Gasteiger partial charge in [0.1, 0.15) is 12.3 Å². The molecular weight excluding hydrogens is 334 g/mol. The molecule has 1 atom stereocenters. The van der Waals surface area contributed by atoms with E-state index >= 15 is 0 Å². The third-order valence-corrected chi connectivity index (χ3v) is 5.87. The standard InChI is InChI=1S/C24H33NO2/c1-19-5-9-21(10-6-19)24(14-16-27-23(2,3)18-24)13-15-25-17-20-7-11-22(26-4)12-8-20/h5-12,25H,13-18H2,1-4H3/p+1/t24-/m1/s1. The van der Waals surface area contributed by atoms with Crippen molar-refractivity contribution in [2.45, 2.75) is 57.6 Å². The fourth-order valence-corrected chi connectivity index (χ4v) is 4.40. The van der Waals surface area contributed by atoms with Crippen LogP contribution in [0, 0.1) is 6.92 Å². The van der Waals surface area contributed by atoms with Gasteiger partial charge in [-0.25, -0.2) is 0 Å². The van der Waals surface area contributed by atoms with E-state index in [1.54, 1.807) is 7.11 Å². The molecule has 1 aliphatic rings. The molecule has 3 nitrogen and oxygen atoms in total. The highest BCUT2D eigenvalue weighted by molar-refractivity contribution is 5.30. The van der Waals surface area contributed by atoms with E-state index in [2.05, 4.69) is 62.5 Å². The molecule has 146 valence electrons. The van der Waals surface area contributed by atoms with Gasteiger partial charge in [-0.2, -0.15) is 0 Å². The monoisotopic (exact) mass is 368 g/mol. The van der Waals surface area contributed by atoms with Gasteiger partial charge < -0.3 is 14.8 Å². The Morgan fingerprint density at radius 1 is 1.04 bits per heavy atom. The van der Waals surface area contributed by atoms with Gasteiger partial charge in [0, 0.05) is 24.0 Å². The fourth-order valence-electron chi connectivity index (χ4n) is 4.40. The van der Waals surface area contributed by atoms with Crippen molar-refractivity contribution in [3.63, 3.8) is 0 Å². The Morgan fingerprint density at radius 2 is 1.74 bits per heavy atom. The van der Waals surface area contributed by atoms with E-state index in [1.165, 1.54) is 23.1 Å². The van der Waals surface area contributed by atoms with Gasteiger partial charge in [-0.1, -0.05) is 29.8 Å². The summed E-state index contributed by atoms with van der Waals surface area (Å²) in [5.74, 6) is 0.918. The van der Waals surface area contributed by atoms with E-state index in [9.17, 15) is 0 Å². The van der Waals surface area contributed by atoms with Crippen LogP contribution in [-0.2, 0) is 16.7 Å². The smallest absolute Gasteiger partial charge is 0.118 e. The molecule has 0 bridgehead atoms. The average molecular weight is 369 g/mol. The summed E-state index contributed by atoms with van der Waals surface area (Å²) in [5, 5.41) is 2.43. The van der Waals surface area contributed by atoms with Crippen LogP contribution in [-0.4, -0.2) is 25.9 Å². The lowest BCUT2D eigenvalue weighted by molar-refractivity contribution is -0.672. The average Bonchev–Trinajstić information content (AvgIpc) is 2.65. The Balaban J connectivity index is 1.65. The summed E-state index contributed by atoms with van der Waals surface area (Å²) in [4.78, 5) is 0. The van der Waals surface area contributed by atoms with Crippen LogP contribution in [0.5, 0.6) is 5.75 Å². The highest BCUT2D eigenvalue weighted by atomic mass is 16.5. The lowest BCUT2D eigenvalue weighted by Gasteiger charge is -2.45. The number of benzene rings is 2. The molecule has 0 amide bonds. The van der Waals surface area contributed by atoms with Gasteiger partial charge >= 0.3 is 0 Å². The molecule has 0 aromatic heterocycles. The molecule has 1 heterocycles. The molecule has 0 saturated carbocycles. The van der Waals surface area contributed by atoms with Gasteiger partial charge in [0.05, 0.1) is 19.3 Å². The highest BCUT2D eigenvalue weighted by Gasteiger charge is 2.42. The topological polar surface area (TPSA) is 35.1 Å². The number of hydrogen-bond donors (Lipinski definition) is 1. The molecule has 2 N–H and O–H groups in total. The van der Waals surface area contributed by atoms with Crippen LogP contribution in [0.2, 0.25) is 0 Å². The summed E-state index contributed by atoms with van der Waals surface area (Å²) in [7, 11) is 1.71. The molecular formula is C24H34NO2+. The maximum Gasteiger partial charge on any atom is 0.118 e. The Kier molecular flexibility index (Phi) is 6.23. The molecule has 3 rings (SSSR count). The minimum absolute atomic E-state index is 0.0564. The molecule has 0 unspecified atom stereocenters. The van der Waals surface area contributed by atoms with Gasteiger partial charge in [-0.3, -0.25) is 0 Å². The van der Waals surface area contributed by atoms with E-state index in [-0.39, 0.29) is 11.0 Å². The number of quaternary nitrogens is 1. The van der Waals surface area contributed by atoms with Crippen molar-refractivity contribution in [1.82, 2.24) is 0 Å². The Bertz CT molecular complexity index is 721. The maximum atomic E-state index is 6.04. The molecule has 0 aliphatic carbocycles. The third-order valence-electron chi connectivity index (χ3n) is 5.87. The Labute approximate surface area is 164 Å². The van der Waals surface area contributed by atoms with Crippen LogP contribution >= 0.6 is 0 Å². The van der Waals surface area contributed by atoms with Crippen LogP contribution < -0.4 is 10.1 Å². The van der Waals surface area contributed by atoms with Crippen LogP contribution in [0.1, 0.15) is 49.8 Å². The number of rotatable bonds is 7. The maximum absolute atomic E-state index is 6.04. The predicted molar refractivity (Wildman–Crippen MR) is 110 cm³/mol. The summed E-state index contributed by atoms with van der Waals surface area (Å²) < 4.78 is 11.3. The normalized spacial score (nSPS) is 21.8. The second-order valence-electron chi connectivity index (χ2n) is 8.56. The quantitative estimate of drug-likeness (QED) is 0.750. The summed E-state index contributed by atoms with van der Waals surface area (Å²) in [6.07, 6.45) is 3.37. The van der Waals surface area contributed by atoms with E-state index in [0.717, 1.165) is 38.3 Å². The molecule has 3 heteroatoms. The van der Waals surface area contributed by atoms with E-state index in [0.29, 0.717) is 0 Å². The zero-order chi connectivity index (χ0) is 19.3. The van der Waals surface area contributed by atoms with Gasteiger partial charge in [0.2, 0.25) is 0 Å². The summed E-state index contributed by atoms with van der Waals surface area (Å²) in [5.41, 5.74) is 4.30. The number of aryl methyl sites for hydroxylation is 1. The van der Waals surface area contributed by atoms with Gasteiger partial charge in [-0.15, -0.1) is 0 Å². The first-order valence-corrected chi connectivity index (χ1v) is 10.1. The first-order valence-electron chi connectivity index (χ1n) is 10.1. The Hall–Kier alpha value is -1.84. The van der Waals surface area contributed by atoms with Crippen molar-refractivity contribution in [2.75, 3.05) is 20.3 Å². The molecule has 2 aromatic carbocycles. The van der Waals surface area contributed by atoms with Crippen molar-refractivity contribution in [1.29, 1.82) is 0 Å². The van der Waals surface area contributed by atoms with Crippen molar-refractivity contribution in [3.05, 3.63) is 65.2 Å². The first kappa shape index (κ1) is 19.9. The highest BCUT2D eigenvalue weighted by Crippen LogP contribution is 2.43. The lowest BCUT2D eigenvalue weighted by Crippen LogP contribution is -2.83. The molecule has 1 aliphatic heterocycles. The number of methoxy groups -OCH3 is 1. The minimum Gasteiger partial charge on any atom is -0.497 e. The second kappa shape index (κ2) is 8.45. The molecule has 0 radical (unpaired) electrons. The summed E-state index contributed by atoms with van der Waals surface area (Å²) in [6.45, 7) is 9.60.